The second-order valence-electron chi connectivity index (χ2n) is 5.22. The number of anilines is 2. The molecule has 0 heterocycles. The third-order valence-electron chi connectivity index (χ3n) is 2.88. The summed E-state index contributed by atoms with van der Waals surface area (Å²) < 4.78 is 26.2. The van der Waals surface area contributed by atoms with Crippen molar-refractivity contribution in [2.24, 2.45) is 0 Å². The molecule has 0 bridgehead atoms. The van der Waals surface area contributed by atoms with Crippen molar-refractivity contribution >= 4 is 35.7 Å². The molecule has 0 fully saturated rings. The van der Waals surface area contributed by atoms with Gasteiger partial charge in [0.15, 0.2) is 0 Å². The second-order valence-corrected chi connectivity index (χ2v) is 5.22. The second kappa shape index (κ2) is 11.9. The SMILES string of the molecule is C=C(C)C(=O)OCCOC(=O)Nc1ccc(NC(=O)OCCNC(=O)F)cc1. The summed E-state index contributed by atoms with van der Waals surface area (Å²) in [5, 5.41) is 6.68. The van der Waals surface area contributed by atoms with Gasteiger partial charge in [-0.15, -0.1) is 4.39 Å². The number of carbonyl (C=O) groups is 4. The van der Waals surface area contributed by atoms with Crippen LogP contribution in [0.4, 0.5) is 30.1 Å². The number of halogens is 1. The van der Waals surface area contributed by atoms with E-state index in [0.717, 1.165) is 0 Å². The number of hydrogen-bond acceptors (Lipinski definition) is 7. The number of hydrogen-bond donors (Lipinski definition) is 3. The van der Waals surface area contributed by atoms with E-state index in [-0.39, 0.29) is 31.9 Å². The van der Waals surface area contributed by atoms with Crippen LogP contribution in [-0.2, 0) is 19.0 Å². The van der Waals surface area contributed by atoms with Crippen molar-refractivity contribution in [1.29, 1.82) is 0 Å². The molecule has 0 aliphatic carbocycles. The van der Waals surface area contributed by atoms with Crippen LogP contribution in [0.3, 0.4) is 0 Å². The lowest BCUT2D eigenvalue weighted by molar-refractivity contribution is -0.139. The molecule has 0 spiro atoms. The Hall–Kier alpha value is -3.63. The fraction of sp³-hybridized carbons (Fsp3) is 0.294. The molecule has 1 aromatic rings. The number of nitrogens with one attached hydrogen (secondary N) is 3. The molecule has 1 rings (SSSR count). The highest BCUT2D eigenvalue weighted by atomic mass is 19.1. The van der Waals surface area contributed by atoms with Gasteiger partial charge >= 0.3 is 24.3 Å². The molecule has 3 N–H and O–H groups in total. The van der Waals surface area contributed by atoms with Gasteiger partial charge in [-0.1, -0.05) is 6.58 Å². The molecule has 0 unspecified atom stereocenters. The summed E-state index contributed by atoms with van der Waals surface area (Å²) in [7, 11) is 0. The lowest BCUT2D eigenvalue weighted by Crippen LogP contribution is -2.25. The molecule has 0 radical (unpaired) electrons. The molecule has 10 nitrogen and oxygen atoms in total. The average molecular weight is 397 g/mol. The van der Waals surface area contributed by atoms with Crippen LogP contribution in [-0.4, -0.2) is 50.7 Å². The maximum Gasteiger partial charge on any atom is 0.411 e. The topological polar surface area (TPSA) is 132 Å². The predicted molar refractivity (Wildman–Crippen MR) is 96.7 cm³/mol. The van der Waals surface area contributed by atoms with Crippen LogP contribution in [0.15, 0.2) is 36.4 Å². The van der Waals surface area contributed by atoms with Crippen molar-refractivity contribution in [3.05, 3.63) is 36.4 Å². The highest BCUT2D eigenvalue weighted by Crippen LogP contribution is 2.14. The number of carbonyl (C=O) groups excluding carboxylic acids is 4. The first-order chi connectivity index (χ1) is 13.3. The first kappa shape index (κ1) is 22.4. The van der Waals surface area contributed by atoms with Gasteiger partial charge in [-0.2, -0.15) is 0 Å². The maximum absolute atomic E-state index is 11.9. The molecular weight excluding hydrogens is 377 g/mol. The summed E-state index contributed by atoms with van der Waals surface area (Å²) in [5.74, 6) is -0.571. The van der Waals surface area contributed by atoms with Gasteiger partial charge in [0.05, 0.1) is 6.54 Å². The first-order valence-electron chi connectivity index (χ1n) is 8.01. The van der Waals surface area contributed by atoms with Gasteiger partial charge in [-0.25, -0.2) is 19.2 Å². The Morgan fingerprint density at radius 1 is 0.893 bits per heavy atom. The molecule has 0 aliphatic heterocycles. The van der Waals surface area contributed by atoms with Crippen molar-refractivity contribution < 1.29 is 37.8 Å². The van der Waals surface area contributed by atoms with E-state index in [0.29, 0.717) is 11.4 Å². The summed E-state index contributed by atoms with van der Waals surface area (Å²) in [6.07, 6.45) is -3.25. The third kappa shape index (κ3) is 9.75. The zero-order chi connectivity index (χ0) is 20.9. The molecule has 28 heavy (non-hydrogen) atoms. The fourth-order valence-electron chi connectivity index (χ4n) is 1.63. The fourth-order valence-corrected chi connectivity index (χ4v) is 1.63. The average Bonchev–Trinajstić information content (AvgIpc) is 2.63. The monoisotopic (exact) mass is 397 g/mol. The van der Waals surface area contributed by atoms with Gasteiger partial charge in [-0.05, 0) is 31.2 Å². The molecule has 0 saturated carbocycles. The Kier molecular flexibility index (Phi) is 9.51. The van der Waals surface area contributed by atoms with Crippen molar-refractivity contribution in [3.63, 3.8) is 0 Å². The molecule has 0 saturated heterocycles. The number of ether oxygens (including phenoxy) is 3. The predicted octanol–water partition coefficient (Wildman–Crippen LogP) is 2.58. The Morgan fingerprint density at radius 2 is 1.36 bits per heavy atom. The van der Waals surface area contributed by atoms with E-state index in [4.69, 9.17) is 14.2 Å². The normalized spacial score (nSPS) is 9.64. The molecular formula is C17H20FN3O7. The molecule has 3 amide bonds. The van der Waals surface area contributed by atoms with Gasteiger partial charge < -0.3 is 19.5 Å². The van der Waals surface area contributed by atoms with Gasteiger partial charge in [-0.3, -0.25) is 10.6 Å². The number of esters is 1. The Balaban J connectivity index is 2.29. The molecule has 11 heteroatoms. The molecule has 0 aromatic heterocycles. The molecule has 1 aromatic carbocycles. The van der Waals surface area contributed by atoms with Crippen molar-refractivity contribution in [3.8, 4) is 0 Å². The highest BCUT2D eigenvalue weighted by Gasteiger charge is 2.07. The van der Waals surface area contributed by atoms with Gasteiger partial charge in [0, 0.05) is 16.9 Å². The molecule has 0 aliphatic rings. The molecule has 0 atom stereocenters. The zero-order valence-corrected chi connectivity index (χ0v) is 15.1. The summed E-state index contributed by atoms with van der Waals surface area (Å²) in [5.41, 5.74) is 1.02. The van der Waals surface area contributed by atoms with E-state index >= 15 is 0 Å². The summed E-state index contributed by atoms with van der Waals surface area (Å²) in [6, 6.07) is 5.99. The Labute approximate surface area is 160 Å². The van der Waals surface area contributed by atoms with Crippen LogP contribution in [0.2, 0.25) is 0 Å². The summed E-state index contributed by atoms with van der Waals surface area (Å²) in [6.45, 7) is 4.34. The van der Waals surface area contributed by atoms with E-state index < -0.39 is 24.3 Å². The number of benzene rings is 1. The van der Waals surface area contributed by atoms with Crippen LogP contribution in [0.1, 0.15) is 6.92 Å². The Morgan fingerprint density at radius 3 is 1.82 bits per heavy atom. The minimum Gasteiger partial charge on any atom is -0.459 e. The number of rotatable bonds is 9. The maximum atomic E-state index is 11.9. The quantitative estimate of drug-likeness (QED) is 0.146. The van der Waals surface area contributed by atoms with E-state index in [9.17, 15) is 23.6 Å². The Bertz CT molecular complexity index is 722. The summed E-state index contributed by atoms with van der Waals surface area (Å²) >= 11 is 0. The zero-order valence-electron chi connectivity index (χ0n) is 15.1. The van der Waals surface area contributed by atoms with Crippen LogP contribution < -0.4 is 16.0 Å². The van der Waals surface area contributed by atoms with E-state index in [1.165, 1.54) is 31.2 Å². The standard InChI is InChI=1S/C17H20FN3O7/c1-11(2)14(22)26-9-10-28-17(25)21-13-5-3-12(4-6-13)20-16(24)27-8-7-19-15(18)23/h3-6H,1,7-10H2,2H3,(H,19,23)(H,20,24)(H,21,25). The first-order valence-corrected chi connectivity index (χ1v) is 8.01. The van der Waals surface area contributed by atoms with E-state index in [1.54, 1.807) is 0 Å². The lowest BCUT2D eigenvalue weighted by Gasteiger charge is -2.09. The summed E-state index contributed by atoms with van der Waals surface area (Å²) in [4.78, 5) is 44.3. The van der Waals surface area contributed by atoms with Gasteiger partial charge in [0.25, 0.3) is 0 Å². The van der Waals surface area contributed by atoms with Crippen molar-refractivity contribution in [2.75, 3.05) is 37.0 Å². The van der Waals surface area contributed by atoms with Crippen molar-refractivity contribution in [1.82, 2.24) is 5.32 Å². The van der Waals surface area contributed by atoms with Crippen molar-refractivity contribution in [2.45, 2.75) is 6.92 Å². The number of amides is 3. The van der Waals surface area contributed by atoms with E-state index in [1.807, 2.05) is 5.32 Å². The molecule has 152 valence electrons. The lowest BCUT2D eigenvalue weighted by atomic mass is 10.3. The highest BCUT2D eigenvalue weighted by molar-refractivity contribution is 5.88. The van der Waals surface area contributed by atoms with Crippen LogP contribution in [0.5, 0.6) is 0 Å². The van der Waals surface area contributed by atoms with Crippen LogP contribution in [0.25, 0.3) is 0 Å². The third-order valence-corrected chi connectivity index (χ3v) is 2.88. The minimum atomic E-state index is -1.71. The van der Waals surface area contributed by atoms with Gasteiger partial charge in [0.2, 0.25) is 0 Å². The van der Waals surface area contributed by atoms with E-state index in [2.05, 4.69) is 17.2 Å². The van der Waals surface area contributed by atoms with Crippen LogP contribution >= 0.6 is 0 Å². The van der Waals surface area contributed by atoms with Crippen LogP contribution in [0, 0.1) is 0 Å². The minimum absolute atomic E-state index is 0.0981. The largest absolute Gasteiger partial charge is 0.459 e. The van der Waals surface area contributed by atoms with Gasteiger partial charge in [0.1, 0.15) is 19.8 Å². The smallest absolute Gasteiger partial charge is 0.411 e.